The summed E-state index contributed by atoms with van der Waals surface area (Å²) in [5.41, 5.74) is 8.39. The lowest BCUT2D eigenvalue weighted by atomic mass is 9.84. The number of nitrogens with zero attached hydrogens (tertiary/aromatic N) is 1. The Morgan fingerprint density at radius 2 is 2.00 bits per heavy atom. The molecule has 1 aliphatic rings. The smallest absolute Gasteiger partial charge is 0.0734 e. The number of aromatic nitrogens is 1. The van der Waals surface area contributed by atoms with E-state index < -0.39 is 0 Å². The maximum absolute atomic E-state index is 4.63. The zero-order valence-corrected chi connectivity index (χ0v) is 11.9. The Labute approximate surface area is 115 Å². The SMILES string of the molecule is CCc1cc2c(c(-c3ncccc3C)c1)CCCC2. The summed E-state index contributed by atoms with van der Waals surface area (Å²) >= 11 is 0. The zero-order chi connectivity index (χ0) is 13.2. The quantitative estimate of drug-likeness (QED) is 0.766. The molecule has 0 radical (unpaired) electrons. The van der Waals surface area contributed by atoms with Gasteiger partial charge in [0, 0.05) is 11.8 Å². The van der Waals surface area contributed by atoms with Crippen LogP contribution >= 0.6 is 0 Å². The fraction of sp³-hybridized carbons (Fsp3) is 0.389. The van der Waals surface area contributed by atoms with Crippen LogP contribution in [0.5, 0.6) is 0 Å². The average molecular weight is 251 g/mol. The first-order valence-corrected chi connectivity index (χ1v) is 7.36. The van der Waals surface area contributed by atoms with E-state index in [1.54, 1.807) is 11.1 Å². The normalized spacial score (nSPS) is 14.2. The second-order valence-corrected chi connectivity index (χ2v) is 5.51. The van der Waals surface area contributed by atoms with E-state index in [1.807, 2.05) is 12.3 Å². The fourth-order valence-electron chi connectivity index (χ4n) is 3.12. The lowest BCUT2D eigenvalue weighted by Crippen LogP contribution is -2.07. The van der Waals surface area contributed by atoms with E-state index in [9.17, 15) is 0 Å². The Morgan fingerprint density at radius 1 is 1.16 bits per heavy atom. The van der Waals surface area contributed by atoms with Gasteiger partial charge in [-0.3, -0.25) is 4.98 Å². The molecule has 0 saturated heterocycles. The summed E-state index contributed by atoms with van der Waals surface area (Å²) < 4.78 is 0. The molecular formula is C18H21N. The summed E-state index contributed by atoms with van der Waals surface area (Å²) in [5, 5.41) is 0. The van der Waals surface area contributed by atoms with Crippen LogP contribution in [-0.4, -0.2) is 4.98 Å². The van der Waals surface area contributed by atoms with Crippen molar-refractivity contribution in [2.45, 2.75) is 46.0 Å². The molecule has 0 unspecified atom stereocenters. The molecule has 3 rings (SSSR count). The maximum Gasteiger partial charge on any atom is 0.0734 e. The van der Waals surface area contributed by atoms with Crippen molar-refractivity contribution in [3.63, 3.8) is 0 Å². The molecule has 1 nitrogen and oxygen atoms in total. The van der Waals surface area contributed by atoms with E-state index in [-0.39, 0.29) is 0 Å². The van der Waals surface area contributed by atoms with Crippen molar-refractivity contribution in [3.8, 4) is 11.3 Å². The summed E-state index contributed by atoms with van der Waals surface area (Å²) in [6.07, 6.45) is 8.12. The first-order valence-electron chi connectivity index (χ1n) is 7.36. The van der Waals surface area contributed by atoms with Gasteiger partial charge in [-0.15, -0.1) is 0 Å². The summed E-state index contributed by atoms with van der Waals surface area (Å²) in [6, 6.07) is 8.96. The number of rotatable bonds is 2. The highest BCUT2D eigenvalue weighted by atomic mass is 14.7. The number of pyridine rings is 1. The van der Waals surface area contributed by atoms with E-state index in [1.165, 1.54) is 48.1 Å². The van der Waals surface area contributed by atoms with Gasteiger partial charge in [0.2, 0.25) is 0 Å². The standard InChI is InChI=1S/C18H21N/c1-3-14-11-15-8-4-5-9-16(15)17(12-14)18-13(2)7-6-10-19-18/h6-7,10-12H,3-5,8-9H2,1-2H3. The van der Waals surface area contributed by atoms with Crippen molar-refractivity contribution < 1.29 is 0 Å². The van der Waals surface area contributed by atoms with Crippen molar-refractivity contribution in [1.29, 1.82) is 0 Å². The van der Waals surface area contributed by atoms with Gasteiger partial charge in [0.15, 0.2) is 0 Å². The molecule has 0 bridgehead atoms. The minimum atomic E-state index is 1.10. The molecule has 19 heavy (non-hydrogen) atoms. The van der Waals surface area contributed by atoms with E-state index in [0.717, 1.165) is 6.42 Å². The van der Waals surface area contributed by atoms with Crippen LogP contribution in [0.25, 0.3) is 11.3 Å². The van der Waals surface area contributed by atoms with E-state index in [4.69, 9.17) is 0 Å². The van der Waals surface area contributed by atoms with Gasteiger partial charge < -0.3 is 0 Å². The van der Waals surface area contributed by atoms with Gasteiger partial charge in [0.25, 0.3) is 0 Å². The predicted molar refractivity (Wildman–Crippen MR) is 80.4 cm³/mol. The van der Waals surface area contributed by atoms with Gasteiger partial charge in [-0.2, -0.15) is 0 Å². The fourth-order valence-corrected chi connectivity index (χ4v) is 3.12. The summed E-state index contributed by atoms with van der Waals surface area (Å²) in [7, 11) is 0. The van der Waals surface area contributed by atoms with Gasteiger partial charge in [-0.1, -0.05) is 19.1 Å². The highest BCUT2D eigenvalue weighted by Crippen LogP contribution is 2.33. The minimum absolute atomic E-state index is 1.10. The van der Waals surface area contributed by atoms with E-state index in [0.29, 0.717) is 0 Å². The molecule has 0 N–H and O–H groups in total. The van der Waals surface area contributed by atoms with Crippen LogP contribution in [0.2, 0.25) is 0 Å². The van der Waals surface area contributed by atoms with Crippen molar-refractivity contribution in [3.05, 3.63) is 52.7 Å². The van der Waals surface area contributed by atoms with Crippen LogP contribution in [-0.2, 0) is 19.3 Å². The molecular weight excluding hydrogens is 230 g/mol. The Bertz CT molecular complexity index is 599. The summed E-state index contributed by atoms with van der Waals surface area (Å²) in [4.78, 5) is 4.63. The second-order valence-electron chi connectivity index (χ2n) is 5.51. The number of aryl methyl sites for hydroxylation is 3. The second kappa shape index (κ2) is 5.16. The van der Waals surface area contributed by atoms with Crippen LogP contribution in [0.1, 0.15) is 42.0 Å². The lowest BCUT2D eigenvalue weighted by molar-refractivity contribution is 0.685. The van der Waals surface area contributed by atoms with Crippen molar-refractivity contribution in [1.82, 2.24) is 4.98 Å². The van der Waals surface area contributed by atoms with Crippen LogP contribution < -0.4 is 0 Å². The van der Waals surface area contributed by atoms with Crippen LogP contribution in [0.4, 0.5) is 0 Å². The molecule has 2 aromatic rings. The molecule has 1 heteroatoms. The Kier molecular flexibility index (Phi) is 3.37. The number of hydrogen-bond donors (Lipinski definition) is 0. The largest absolute Gasteiger partial charge is 0.256 e. The van der Waals surface area contributed by atoms with Crippen LogP contribution in [0.15, 0.2) is 30.5 Å². The van der Waals surface area contributed by atoms with Crippen molar-refractivity contribution in [2.24, 2.45) is 0 Å². The summed E-state index contributed by atoms with van der Waals surface area (Å²) in [5.74, 6) is 0. The van der Waals surface area contributed by atoms with Gasteiger partial charge in [-0.05, 0) is 73.4 Å². The molecule has 98 valence electrons. The average Bonchev–Trinajstić information content (AvgIpc) is 2.46. The Morgan fingerprint density at radius 3 is 2.79 bits per heavy atom. The number of benzene rings is 1. The monoisotopic (exact) mass is 251 g/mol. The number of hydrogen-bond acceptors (Lipinski definition) is 1. The van der Waals surface area contributed by atoms with Gasteiger partial charge >= 0.3 is 0 Å². The molecule has 0 atom stereocenters. The first-order chi connectivity index (χ1) is 9.29. The Balaban J connectivity index is 2.22. The van der Waals surface area contributed by atoms with Crippen LogP contribution in [0, 0.1) is 6.92 Å². The molecule has 1 heterocycles. The molecule has 0 aliphatic heterocycles. The predicted octanol–water partition coefficient (Wildman–Crippen LogP) is 4.50. The molecule has 1 aliphatic carbocycles. The molecule has 1 aromatic carbocycles. The van der Waals surface area contributed by atoms with Gasteiger partial charge in [0.05, 0.1) is 5.69 Å². The third kappa shape index (κ3) is 2.30. The molecule has 0 saturated carbocycles. The molecule has 1 aromatic heterocycles. The topological polar surface area (TPSA) is 12.9 Å². The van der Waals surface area contributed by atoms with Crippen LogP contribution in [0.3, 0.4) is 0 Å². The lowest BCUT2D eigenvalue weighted by Gasteiger charge is -2.21. The van der Waals surface area contributed by atoms with Gasteiger partial charge in [0.1, 0.15) is 0 Å². The number of fused-ring (bicyclic) bond motifs is 1. The summed E-state index contributed by atoms with van der Waals surface area (Å²) in [6.45, 7) is 4.40. The third-order valence-electron chi connectivity index (χ3n) is 4.20. The highest BCUT2D eigenvalue weighted by Gasteiger charge is 2.17. The van der Waals surface area contributed by atoms with Crippen molar-refractivity contribution in [2.75, 3.05) is 0 Å². The van der Waals surface area contributed by atoms with E-state index in [2.05, 4.69) is 37.0 Å². The minimum Gasteiger partial charge on any atom is -0.256 e. The first kappa shape index (κ1) is 12.4. The Hall–Kier alpha value is -1.63. The third-order valence-corrected chi connectivity index (χ3v) is 4.20. The highest BCUT2D eigenvalue weighted by molar-refractivity contribution is 5.69. The zero-order valence-electron chi connectivity index (χ0n) is 11.9. The molecule has 0 amide bonds. The van der Waals surface area contributed by atoms with E-state index >= 15 is 0 Å². The molecule has 0 fully saturated rings. The molecule has 0 spiro atoms. The maximum atomic E-state index is 4.63. The van der Waals surface area contributed by atoms with Crippen molar-refractivity contribution >= 4 is 0 Å². The van der Waals surface area contributed by atoms with Gasteiger partial charge in [-0.25, -0.2) is 0 Å².